The third-order valence-electron chi connectivity index (χ3n) is 3.02. The fourth-order valence-corrected chi connectivity index (χ4v) is 2.09. The summed E-state index contributed by atoms with van der Waals surface area (Å²) in [6.45, 7) is 0. The summed E-state index contributed by atoms with van der Waals surface area (Å²) in [5.41, 5.74) is -0.277. The maximum Gasteiger partial charge on any atom is 0.270 e. The molecule has 1 fully saturated rings. The van der Waals surface area contributed by atoms with Gasteiger partial charge in [0.2, 0.25) is 0 Å². The summed E-state index contributed by atoms with van der Waals surface area (Å²) in [5, 5.41) is 18.3. The van der Waals surface area contributed by atoms with Crippen molar-refractivity contribution in [3.05, 3.63) is 18.0 Å². The molecular formula is C11H14N4O. The van der Waals surface area contributed by atoms with Gasteiger partial charge in [-0.1, -0.05) is 19.3 Å². The van der Waals surface area contributed by atoms with Crippen molar-refractivity contribution in [3.63, 3.8) is 0 Å². The highest BCUT2D eigenvalue weighted by molar-refractivity contribution is 5.92. The molecule has 1 amide bonds. The maximum atomic E-state index is 11.8. The molecule has 0 aromatic carbocycles. The Kier molecular flexibility index (Phi) is 2.91. The predicted octanol–water partition coefficient (Wildman–Crippen LogP) is 1.37. The van der Waals surface area contributed by atoms with Gasteiger partial charge < -0.3 is 5.32 Å². The van der Waals surface area contributed by atoms with E-state index in [1.54, 1.807) is 6.07 Å². The Morgan fingerprint density at radius 2 is 2.25 bits per heavy atom. The molecule has 5 heteroatoms. The van der Waals surface area contributed by atoms with Crippen molar-refractivity contribution in [2.45, 2.75) is 37.6 Å². The predicted molar refractivity (Wildman–Crippen MR) is 57.5 cm³/mol. The van der Waals surface area contributed by atoms with Gasteiger partial charge in [0, 0.05) is 6.20 Å². The van der Waals surface area contributed by atoms with Crippen molar-refractivity contribution in [1.29, 1.82) is 5.26 Å². The van der Waals surface area contributed by atoms with E-state index in [1.807, 2.05) is 0 Å². The Morgan fingerprint density at radius 1 is 1.50 bits per heavy atom. The topological polar surface area (TPSA) is 81.6 Å². The van der Waals surface area contributed by atoms with Gasteiger partial charge in [-0.2, -0.15) is 10.4 Å². The summed E-state index contributed by atoms with van der Waals surface area (Å²) in [6, 6.07) is 3.84. The van der Waals surface area contributed by atoms with E-state index in [2.05, 4.69) is 21.6 Å². The van der Waals surface area contributed by atoms with Crippen LogP contribution in [0.3, 0.4) is 0 Å². The van der Waals surface area contributed by atoms with Gasteiger partial charge in [-0.25, -0.2) is 0 Å². The van der Waals surface area contributed by atoms with Crippen LogP contribution in [0.15, 0.2) is 12.3 Å². The van der Waals surface area contributed by atoms with Crippen LogP contribution in [0.2, 0.25) is 0 Å². The lowest BCUT2D eigenvalue weighted by atomic mass is 9.83. The molecule has 5 nitrogen and oxygen atoms in total. The van der Waals surface area contributed by atoms with Crippen molar-refractivity contribution >= 4 is 5.91 Å². The highest BCUT2D eigenvalue weighted by atomic mass is 16.2. The van der Waals surface area contributed by atoms with Crippen molar-refractivity contribution in [1.82, 2.24) is 15.5 Å². The zero-order chi connectivity index (χ0) is 11.4. The number of hydrogen-bond donors (Lipinski definition) is 2. The minimum Gasteiger partial charge on any atom is -0.332 e. The summed E-state index contributed by atoms with van der Waals surface area (Å²) in [5.74, 6) is -0.249. The van der Waals surface area contributed by atoms with Gasteiger partial charge in [0.15, 0.2) is 0 Å². The molecule has 0 saturated heterocycles. The normalized spacial score (nSPS) is 18.7. The number of hydrogen-bond acceptors (Lipinski definition) is 3. The van der Waals surface area contributed by atoms with Crippen molar-refractivity contribution in [2.75, 3.05) is 0 Å². The summed E-state index contributed by atoms with van der Waals surface area (Å²) in [6.07, 6.45) is 6.14. The zero-order valence-electron chi connectivity index (χ0n) is 8.99. The van der Waals surface area contributed by atoms with Crippen LogP contribution in [0.4, 0.5) is 0 Å². The van der Waals surface area contributed by atoms with E-state index in [0.29, 0.717) is 5.69 Å². The molecule has 0 atom stereocenters. The molecular weight excluding hydrogens is 204 g/mol. The number of nitriles is 1. The van der Waals surface area contributed by atoms with E-state index in [1.165, 1.54) is 6.20 Å². The lowest BCUT2D eigenvalue weighted by Crippen LogP contribution is -2.48. The number of carbonyl (C=O) groups excluding carboxylic acids is 1. The van der Waals surface area contributed by atoms with Crippen molar-refractivity contribution < 1.29 is 4.79 Å². The molecule has 1 aromatic heterocycles. The molecule has 0 radical (unpaired) electrons. The first-order chi connectivity index (χ1) is 7.76. The summed E-state index contributed by atoms with van der Waals surface area (Å²) < 4.78 is 0. The number of carbonyl (C=O) groups is 1. The second-order valence-corrected chi connectivity index (χ2v) is 4.18. The molecule has 1 heterocycles. The maximum absolute atomic E-state index is 11.8. The standard InChI is InChI=1S/C11H14N4O/c12-8-11(5-2-1-3-6-11)14-10(16)9-4-7-13-15-9/h4,7H,1-3,5-6H2,(H,13,15)(H,14,16). The van der Waals surface area contributed by atoms with Crippen LogP contribution < -0.4 is 5.32 Å². The number of nitrogens with zero attached hydrogens (tertiary/aromatic N) is 2. The Labute approximate surface area is 93.8 Å². The highest BCUT2D eigenvalue weighted by Gasteiger charge is 2.33. The molecule has 0 spiro atoms. The number of nitrogens with one attached hydrogen (secondary N) is 2. The second kappa shape index (κ2) is 4.35. The quantitative estimate of drug-likeness (QED) is 0.786. The molecule has 16 heavy (non-hydrogen) atoms. The van der Waals surface area contributed by atoms with Crippen LogP contribution in [-0.4, -0.2) is 21.6 Å². The molecule has 2 N–H and O–H groups in total. The van der Waals surface area contributed by atoms with E-state index < -0.39 is 5.54 Å². The van der Waals surface area contributed by atoms with Crippen LogP contribution in [0.1, 0.15) is 42.6 Å². The van der Waals surface area contributed by atoms with E-state index in [0.717, 1.165) is 32.1 Å². The average Bonchev–Trinajstić information content (AvgIpc) is 2.84. The minimum absolute atomic E-state index is 0.249. The van der Waals surface area contributed by atoms with Crippen LogP contribution in [0.25, 0.3) is 0 Å². The van der Waals surface area contributed by atoms with Gasteiger partial charge in [0.25, 0.3) is 5.91 Å². The second-order valence-electron chi connectivity index (χ2n) is 4.18. The molecule has 1 saturated carbocycles. The smallest absolute Gasteiger partial charge is 0.270 e. The van der Waals surface area contributed by atoms with Gasteiger partial charge in [-0.3, -0.25) is 9.89 Å². The van der Waals surface area contributed by atoms with E-state index in [9.17, 15) is 10.1 Å². The molecule has 0 bridgehead atoms. The molecule has 1 aliphatic carbocycles. The summed E-state index contributed by atoms with van der Waals surface area (Å²) in [4.78, 5) is 11.8. The molecule has 2 rings (SSSR count). The average molecular weight is 218 g/mol. The number of H-pyrrole nitrogens is 1. The first-order valence-corrected chi connectivity index (χ1v) is 5.49. The molecule has 1 aliphatic rings. The van der Waals surface area contributed by atoms with Gasteiger partial charge >= 0.3 is 0 Å². The molecule has 0 unspecified atom stereocenters. The zero-order valence-corrected chi connectivity index (χ0v) is 8.99. The van der Waals surface area contributed by atoms with Gasteiger partial charge in [-0.15, -0.1) is 0 Å². The Morgan fingerprint density at radius 3 is 2.81 bits per heavy atom. The summed E-state index contributed by atoms with van der Waals surface area (Å²) in [7, 11) is 0. The van der Waals surface area contributed by atoms with E-state index in [-0.39, 0.29) is 5.91 Å². The Bertz CT molecular complexity index is 398. The minimum atomic E-state index is -0.680. The van der Waals surface area contributed by atoms with Gasteiger partial charge in [0.1, 0.15) is 11.2 Å². The van der Waals surface area contributed by atoms with Crippen LogP contribution in [0.5, 0.6) is 0 Å². The third kappa shape index (κ3) is 2.06. The first-order valence-electron chi connectivity index (χ1n) is 5.49. The van der Waals surface area contributed by atoms with Crippen molar-refractivity contribution in [3.8, 4) is 6.07 Å². The molecule has 1 aromatic rings. The SMILES string of the molecule is N#CC1(NC(=O)c2ccn[nH]2)CCCCC1. The summed E-state index contributed by atoms with van der Waals surface area (Å²) >= 11 is 0. The molecule has 0 aliphatic heterocycles. The van der Waals surface area contributed by atoms with Gasteiger partial charge in [-0.05, 0) is 18.9 Å². The van der Waals surface area contributed by atoms with E-state index >= 15 is 0 Å². The van der Waals surface area contributed by atoms with Gasteiger partial charge in [0.05, 0.1) is 6.07 Å². The number of aromatic amines is 1. The monoisotopic (exact) mass is 218 g/mol. The van der Waals surface area contributed by atoms with Crippen molar-refractivity contribution in [2.24, 2.45) is 0 Å². The fraction of sp³-hybridized carbons (Fsp3) is 0.545. The molecule has 84 valence electrons. The van der Waals surface area contributed by atoms with E-state index in [4.69, 9.17) is 0 Å². The lowest BCUT2D eigenvalue weighted by molar-refractivity contribution is 0.0897. The lowest BCUT2D eigenvalue weighted by Gasteiger charge is -2.31. The Hall–Kier alpha value is -1.83. The van der Waals surface area contributed by atoms with Crippen LogP contribution in [-0.2, 0) is 0 Å². The number of rotatable bonds is 2. The Balaban J connectivity index is 2.07. The first kappa shape index (κ1) is 10.7. The van der Waals surface area contributed by atoms with Crippen LogP contribution in [0, 0.1) is 11.3 Å². The van der Waals surface area contributed by atoms with Crippen LogP contribution >= 0.6 is 0 Å². The third-order valence-corrected chi connectivity index (χ3v) is 3.02. The largest absolute Gasteiger partial charge is 0.332 e. The number of aromatic nitrogens is 2. The number of amides is 1. The highest BCUT2D eigenvalue weighted by Crippen LogP contribution is 2.27. The fourth-order valence-electron chi connectivity index (χ4n) is 2.09.